The molecule has 0 fully saturated rings. The molecule has 2 atom stereocenters. The van der Waals surface area contributed by atoms with Crippen LogP contribution >= 0.6 is 0 Å². The van der Waals surface area contributed by atoms with E-state index in [1.807, 2.05) is 0 Å². The maximum atomic E-state index is 6.09. The van der Waals surface area contributed by atoms with E-state index in [0.717, 1.165) is 25.7 Å². The molecular weight excluding hydrogens is 414 g/mol. The Balaban J connectivity index is 6.12. The first-order valence-electron chi connectivity index (χ1n) is 10.1. The molecular formula is C18H43NO8Si2. The highest BCUT2D eigenvalue weighted by atomic mass is 28.2. The summed E-state index contributed by atoms with van der Waals surface area (Å²) in [5, 5.41) is 3.20. The average molecular weight is 458 g/mol. The van der Waals surface area contributed by atoms with E-state index in [-0.39, 0.29) is 0 Å². The fourth-order valence-corrected chi connectivity index (χ4v) is 4.43. The van der Waals surface area contributed by atoms with Gasteiger partial charge in [-0.1, -0.05) is 26.7 Å². The number of methoxy groups -OCH3 is 6. The average Bonchev–Trinajstić information content (AvgIpc) is 2.75. The highest BCUT2D eigenvalue weighted by molar-refractivity contribution is 6.14. The molecule has 0 aromatic heterocycles. The monoisotopic (exact) mass is 457 g/mol. The number of rotatable bonds is 18. The van der Waals surface area contributed by atoms with Gasteiger partial charge >= 0.3 is 0 Å². The van der Waals surface area contributed by atoms with E-state index in [9.17, 15) is 0 Å². The molecule has 9 nitrogen and oxygen atoms in total. The molecule has 0 radical (unpaired) electrons. The Morgan fingerprint density at radius 1 is 0.586 bits per heavy atom. The predicted molar refractivity (Wildman–Crippen MR) is 118 cm³/mol. The van der Waals surface area contributed by atoms with E-state index in [2.05, 4.69) is 19.2 Å². The van der Waals surface area contributed by atoms with E-state index >= 15 is 0 Å². The van der Waals surface area contributed by atoms with Crippen LogP contribution < -0.4 is 5.32 Å². The van der Waals surface area contributed by atoms with Crippen molar-refractivity contribution in [1.29, 1.82) is 0 Å². The first-order valence-corrected chi connectivity index (χ1v) is 12.1. The van der Waals surface area contributed by atoms with Crippen molar-refractivity contribution in [1.82, 2.24) is 5.32 Å². The molecule has 0 aromatic carbocycles. The largest absolute Gasteiger partial charge is 0.352 e. The van der Waals surface area contributed by atoms with Crippen LogP contribution in [0.2, 0.25) is 0 Å². The lowest BCUT2D eigenvalue weighted by Crippen LogP contribution is -2.79. The van der Waals surface area contributed by atoms with Gasteiger partial charge in [-0.15, -0.1) is 0 Å². The Hall–Kier alpha value is 0.0738. The number of unbranched alkanes of at least 4 members (excludes halogenated alkanes) is 2. The van der Waals surface area contributed by atoms with Crippen LogP contribution in [0.4, 0.5) is 0 Å². The van der Waals surface area contributed by atoms with Crippen LogP contribution in [0, 0.1) is 0 Å². The maximum absolute atomic E-state index is 6.09. The van der Waals surface area contributed by atoms with Crippen LogP contribution in [-0.2, 0) is 37.9 Å². The molecule has 0 aliphatic carbocycles. The van der Waals surface area contributed by atoms with Gasteiger partial charge in [0.25, 0.3) is 11.8 Å². The van der Waals surface area contributed by atoms with E-state index in [0.29, 0.717) is 33.7 Å². The van der Waals surface area contributed by atoms with Crippen LogP contribution in [0.5, 0.6) is 0 Å². The minimum Gasteiger partial charge on any atom is -0.352 e. The van der Waals surface area contributed by atoms with E-state index in [1.165, 1.54) is 28.4 Å². The topological polar surface area (TPSA) is 85.9 Å². The smallest absolute Gasteiger partial charge is 0.282 e. The first kappa shape index (κ1) is 29.1. The van der Waals surface area contributed by atoms with Crippen molar-refractivity contribution in [2.75, 3.05) is 55.9 Å². The van der Waals surface area contributed by atoms with Gasteiger partial charge in [-0.3, -0.25) is 0 Å². The Morgan fingerprint density at radius 3 is 1.10 bits per heavy atom. The van der Waals surface area contributed by atoms with Crippen molar-refractivity contribution in [3.05, 3.63) is 0 Å². The van der Waals surface area contributed by atoms with Gasteiger partial charge in [0.05, 0.1) is 20.5 Å². The molecule has 2 unspecified atom stereocenters. The molecule has 0 amide bonds. The number of hydrogen-bond donors (Lipinski definition) is 1. The van der Waals surface area contributed by atoms with Crippen LogP contribution in [0.1, 0.15) is 39.5 Å². The Morgan fingerprint density at radius 2 is 0.897 bits per heavy atom. The number of nitrogens with one attached hydrogen (secondary N) is 1. The zero-order chi connectivity index (χ0) is 22.6. The normalized spacial score (nSPS) is 17.4. The molecule has 0 aliphatic heterocycles. The molecule has 0 rings (SSSR count). The minimum absolute atomic E-state index is 0.414. The molecule has 29 heavy (non-hydrogen) atoms. The van der Waals surface area contributed by atoms with Crippen molar-refractivity contribution >= 4 is 20.5 Å². The summed E-state index contributed by atoms with van der Waals surface area (Å²) in [6.45, 7) is 5.15. The molecule has 0 aromatic rings. The van der Waals surface area contributed by atoms with Gasteiger partial charge < -0.3 is 37.9 Å². The summed E-state index contributed by atoms with van der Waals surface area (Å²) < 4.78 is 46.9. The molecule has 0 spiro atoms. The third-order valence-electron chi connectivity index (χ3n) is 5.20. The van der Waals surface area contributed by atoms with Gasteiger partial charge in [0.1, 0.15) is 0 Å². The van der Waals surface area contributed by atoms with E-state index in [4.69, 9.17) is 37.9 Å². The van der Waals surface area contributed by atoms with Gasteiger partial charge in [0.2, 0.25) is 10.8 Å². The maximum Gasteiger partial charge on any atom is 0.282 e. The second-order valence-electron chi connectivity index (χ2n) is 6.88. The third kappa shape index (κ3) is 6.53. The van der Waals surface area contributed by atoms with Gasteiger partial charge in [-0.05, 0) is 12.8 Å². The molecule has 1 N–H and O–H groups in total. The number of hydrogen-bond acceptors (Lipinski definition) is 9. The molecule has 0 saturated carbocycles. The van der Waals surface area contributed by atoms with Crippen molar-refractivity contribution in [3.8, 4) is 0 Å². The zero-order valence-electron chi connectivity index (χ0n) is 20.0. The Bertz CT molecular complexity index is 402. The van der Waals surface area contributed by atoms with Crippen molar-refractivity contribution in [2.45, 2.75) is 62.2 Å². The zero-order valence-corrected chi connectivity index (χ0v) is 24.0. The molecule has 11 heteroatoms. The van der Waals surface area contributed by atoms with Crippen molar-refractivity contribution < 1.29 is 37.9 Å². The summed E-state index contributed by atoms with van der Waals surface area (Å²) in [6.07, 6.45) is 3.72. The molecule has 0 bridgehead atoms. The summed E-state index contributed by atoms with van der Waals surface area (Å²) >= 11 is 0. The summed E-state index contributed by atoms with van der Waals surface area (Å²) in [5.74, 6) is -3.09. The van der Waals surface area contributed by atoms with Crippen molar-refractivity contribution in [3.63, 3.8) is 0 Å². The Labute approximate surface area is 182 Å². The van der Waals surface area contributed by atoms with Crippen LogP contribution in [0.3, 0.4) is 0 Å². The fraction of sp³-hybridized carbons (Fsp3) is 1.00. The highest BCUT2D eigenvalue weighted by Crippen LogP contribution is 2.35. The summed E-state index contributed by atoms with van der Waals surface area (Å²) in [5.41, 5.74) is -2.40. The van der Waals surface area contributed by atoms with Gasteiger partial charge in [-0.25, -0.2) is 5.32 Å². The van der Waals surface area contributed by atoms with E-state index in [1.54, 1.807) is 14.2 Å². The molecule has 0 saturated heterocycles. The molecule has 0 aliphatic rings. The number of ether oxygens (including phenoxy) is 8. The van der Waals surface area contributed by atoms with Crippen LogP contribution in [0.15, 0.2) is 0 Å². The summed E-state index contributed by atoms with van der Waals surface area (Å²) in [7, 11) is 9.94. The second-order valence-corrected chi connectivity index (χ2v) is 9.51. The lowest BCUT2D eigenvalue weighted by atomic mass is 10.3. The van der Waals surface area contributed by atoms with Crippen molar-refractivity contribution in [2.24, 2.45) is 0 Å². The predicted octanol–water partition coefficient (Wildman–Crippen LogP) is -0.566. The lowest BCUT2D eigenvalue weighted by molar-refractivity contribution is -0.438. The molecule has 176 valence electrons. The molecule has 0 heterocycles. The van der Waals surface area contributed by atoms with Gasteiger partial charge in [-0.2, -0.15) is 0 Å². The highest BCUT2D eigenvalue weighted by Gasteiger charge is 2.62. The van der Waals surface area contributed by atoms with Gasteiger partial charge in [0, 0.05) is 55.9 Å². The fourth-order valence-electron chi connectivity index (χ4n) is 2.96. The summed E-state index contributed by atoms with van der Waals surface area (Å²) in [4.78, 5) is 0. The third-order valence-corrected chi connectivity index (χ3v) is 7.91. The van der Waals surface area contributed by atoms with Crippen LogP contribution in [0.25, 0.3) is 0 Å². The second kappa shape index (κ2) is 13.5. The van der Waals surface area contributed by atoms with Crippen LogP contribution in [-0.4, -0.2) is 99.0 Å². The summed E-state index contributed by atoms with van der Waals surface area (Å²) in [6, 6.07) is 0. The standard InChI is InChI=1S/C18H43NO8Si2/c1-9-11-13-26-17(28,24-7)15(20-3,21-4)19-16(22-5,23-6)18(29,25-8)27-14-12-10-2/h19H,9-14H2,1-8,28-29H3. The minimum atomic E-state index is -1.55. The Kier molecular flexibility index (Phi) is 13.5. The van der Waals surface area contributed by atoms with E-state index < -0.39 is 22.6 Å². The first-order chi connectivity index (χ1) is 13.7. The lowest BCUT2D eigenvalue weighted by Gasteiger charge is -2.52. The SMILES string of the molecule is CCCCOC([SiH3])(OC)C(NC(OC)(OC)C([SiH3])(OC)OCCCC)(OC)OC. The van der Waals surface area contributed by atoms with Gasteiger partial charge in [0.15, 0.2) is 0 Å². The quantitative estimate of drug-likeness (QED) is 0.165.